The highest BCUT2D eigenvalue weighted by Gasteiger charge is 2.08. The van der Waals surface area contributed by atoms with Crippen LogP contribution >= 0.6 is 0 Å². The molecule has 0 spiro atoms. The number of aryl methyl sites for hydroxylation is 1. The molecule has 0 amide bonds. The van der Waals surface area contributed by atoms with E-state index >= 15 is 0 Å². The third-order valence-electron chi connectivity index (χ3n) is 3.25. The number of rotatable bonds is 5. The van der Waals surface area contributed by atoms with Crippen molar-refractivity contribution >= 4 is 5.69 Å². The molecule has 0 radical (unpaired) electrons. The first-order chi connectivity index (χ1) is 9.58. The minimum absolute atomic E-state index is 0.192. The predicted molar refractivity (Wildman–Crippen MR) is 79.6 cm³/mol. The zero-order valence-corrected chi connectivity index (χ0v) is 11.9. The molecular formula is C16H20FN3. The van der Waals surface area contributed by atoms with Crippen molar-refractivity contribution in [1.29, 1.82) is 0 Å². The number of nitrogens with zero attached hydrogens (tertiary/aromatic N) is 2. The molecule has 0 atom stereocenters. The van der Waals surface area contributed by atoms with E-state index in [1.165, 1.54) is 6.07 Å². The number of anilines is 1. The van der Waals surface area contributed by atoms with Crippen LogP contribution in [0.4, 0.5) is 10.1 Å². The zero-order valence-electron chi connectivity index (χ0n) is 11.9. The fourth-order valence-electron chi connectivity index (χ4n) is 2.12. The van der Waals surface area contributed by atoms with E-state index in [0.717, 1.165) is 30.0 Å². The van der Waals surface area contributed by atoms with Gasteiger partial charge in [-0.1, -0.05) is 19.1 Å². The Balaban J connectivity index is 2.07. The Labute approximate surface area is 119 Å². The molecule has 20 heavy (non-hydrogen) atoms. The van der Waals surface area contributed by atoms with E-state index in [1.807, 2.05) is 31.2 Å². The topological polar surface area (TPSA) is 42.1 Å². The van der Waals surface area contributed by atoms with Gasteiger partial charge in [0.25, 0.3) is 0 Å². The summed E-state index contributed by atoms with van der Waals surface area (Å²) >= 11 is 0. The predicted octanol–water partition coefficient (Wildman–Crippen LogP) is 3.13. The highest BCUT2D eigenvalue weighted by Crippen LogP contribution is 2.14. The van der Waals surface area contributed by atoms with Crippen molar-refractivity contribution in [2.75, 3.05) is 12.3 Å². The summed E-state index contributed by atoms with van der Waals surface area (Å²) in [5, 5.41) is 0. The Morgan fingerprint density at radius 1 is 1.20 bits per heavy atom. The maximum absolute atomic E-state index is 13.5. The molecular weight excluding hydrogens is 253 g/mol. The van der Waals surface area contributed by atoms with Crippen molar-refractivity contribution in [2.24, 2.45) is 0 Å². The second kappa shape index (κ2) is 6.48. The highest BCUT2D eigenvalue weighted by molar-refractivity contribution is 5.41. The average molecular weight is 273 g/mol. The minimum atomic E-state index is -0.354. The van der Waals surface area contributed by atoms with Crippen LogP contribution in [-0.4, -0.2) is 16.4 Å². The summed E-state index contributed by atoms with van der Waals surface area (Å²) in [5.74, 6) is -0.354. The first-order valence-corrected chi connectivity index (χ1v) is 6.77. The van der Waals surface area contributed by atoms with Crippen LogP contribution in [-0.2, 0) is 13.1 Å². The fourth-order valence-corrected chi connectivity index (χ4v) is 2.12. The van der Waals surface area contributed by atoms with E-state index in [0.29, 0.717) is 6.54 Å². The Morgan fingerprint density at radius 2 is 2.00 bits per heavy atom. The summed E-state index contributed by atoms with van der Waals surface area (Å²) in [6.07, 6.45) is 0. The van der Waals surface area contributed by atoms with Gasteiger partial charge in [-0.15, -0.1) is 0 Å². The smallest absolute Gasteiger partial charge is 0.146 e. The van der Waals surface area contributed by atoms with Gasteiger partial charge in [0.15, 0.2) is 0 Å². The first-order valence-electron chi connectivity index (χ1n) is 6.77. The molecule has 4 heteroatoms. The molecule has 2 aromatic rings. The van der Waals surface area contributed by atoms with E-state index < -0.39 is 0 Å². The second-order valence-corrected chi connectivity index (χ2v) is 4.93. The molecule has 106 valence electrons. The van der Waals surface area contributed by atoms with Gasteiger partial charge >= 0.3 is 0 Å². The van der Waals surface area contributed by atoms with Crippen LogP contribution in [0.3, 0.4) is 0 Å². The lowest BCUT2D eigenvalue weighted by molar-refractivity contribution is 0.267. The third kappa shape index (κ3) is 3.78. The van der Waals surface area contributed by atoms with Crippen LogP contribution in [0.5, 0.6) is 0 Å². The number of nitrogens with two attached hydrogens (primary N) is 1. The van der Waals surface area contributed by atoms with Crippen LogP contribution in [0.2, 0.25) is 0 Å². The summed E-state index contributed by atoms with van der Waals surface area (Å²) in [7, 11) is 0. The minimum Gasteiger partial charge on any atom is -0.396 e. The van der Waals surface area contributed by atoms with E-state index in [2.05, 4.69) is 16.8 Å². The monoisotopic (exact) mass is 273 g/mol. The van der Waals surface area contributed by atoms with Gasteiger partial charge in [-0.05, 0) is 43.3 Å². The maximum atomic E-state index is 13.5. The maximum Gasteiger partial charge on any atom is 0.146 e. The molecule has 0 fully saturated rings. The van der Waals surface area contributed by atoms with Crippen LogP contribution in [0.25, 0.3) is 0 Å². The van der Waals surface area contributed by atoms with Gasteiger partial charge in [0, 0.05) is 18.8 Å². The number of hydrogen-bond acceptors (Lipinski definition) is 3. The summed E-state index contributed by atoms with van der Waals surface area (Å²) in [5.41, 5.74) is 8.65. The Morgan fingerprint density at radius 3 is 2.65 bits per heavy atom. The lowest BCUT2D eigenvalue weighted by Gasteiger charge is -2.20. The van der Waals surface area contributed by atoms with Crippen LogP contribution in [0.15, 0.2) is 36.4 Å². The standard InChI is InChI=1S/C16H20FN3/c1-3-20(11-14-6-4-5-12(2)19-14)10-13-7-8-16(18)15(17)9-13/h4-9H,3,10-11,18H2,1-2H3. The van der Waals surface area contributed by atoms with E-state index in [4.69, 9.17) is 5.73 Å². The lowest BCUT2D eigenvalue weighted by atomic mass is 10.2. The third-order valence-corrected chi connectivity index (χ3v) is 3.25. The van der Waals surface area contributed by atoms with Crippen molar-refractivity contribution in [3.63, 3.8) is 0 Å². The molecule has 2 N–H and O–H groups in total. The molecule has 0 saturated heterocycles. The van der Waals surface area contributed by atoms with Crippen molar-refractivity contribution in [2.45, 2.75) is 26.9 Å². The van der Waals surface area contributed by atoms with Crippen LogP contribution < -0.4 is 5.73 Å². The van der Waals surface area contributed by atoms with Gasteiger partial charge in [-0.3, -0.25) is 9.88 Å². The van der Waals surface area contributed by atoms with E-state index in [9.17, 15) is 4.39 Å². The fraction of sp³-hybridized carbons (Fsp3) is 0.312. The van der Waals surface area contributed by atoms with Gasteiger partial charge < -0.3 is 5.73 Å². The lowest BCUT2D eigenvalue weighted by Crippen LogP contribution is -2.23. The van der Waals surface area contributed by atoms with Crippen LogP contribution in [0, 0.1) is 12.7 Å². The van der Waals surface area contributed by atoms with Crippen molar-refractivity contribution < 1.29 is 4.39 Å². The zero-order chi connectivity index (χ0) is 14.5. The normalized spacial score (nSPS) is 11.0. The van der Waals surface area contributed by atoms with Gasteiger partial charge in [0.05, 0.1) is 11.4 Å². The van der Waals surface area contributed by atoms with Gasteiger partial charge in [0.1, 0.15) is 5.82 Å². The van der Waals surface area contributed by atoms with Crippen molar-refractivity contribution in [3.05, 3.63) is 59.2 Å². The first kappa shape index (κ1) is 14.5. The molecule has 0 bridgehead atoms. The molecule has 0 unspecified atom stereocenters. The molecule has 0 aliphatic heterocycles. The molecule has 3 nitrogen and oxygen atoms in total. The number of pyridine rings is 1. The Kier molecular flexibility index (Phi) is 4.69. The number of aromatic nitrogens is 1. The van der Waals surface area contributed by atoms with Gasteiger partial charge in [-0.2, -0.15) is 0 Å². The van der Waals surface area contributed by atoms with E-state index in [1.54, 1.807) is 6.07 Å². The van der Waals surface area contributed by atoms with E-state index in [-0.39, 0.29) is 11.5 Å². The molecule has 0 saturated carbocycles. The number of benzene rings is 1. The Bertz CT molecular complexity index is 584. The molecule has 0 aliphatic rings. The summed E-state index contributed by atoms with van der Waals surface area (Å²) in [4.78, 5) is 6.71. The number of hydrogen-bond donors (Lipinski definition) is 1. The van der Waals surface area contributed by atoms with Gasteiger partial charge in [-0.25, -0.2) is 4.39 Å². The summed E-state index contributed by atoms with van der Waals surface area (Å²) in [6.45, 7) is 6.38. The van der Waals surface area contributed by atoms with Crippen LogP contribution in [0.1, 0.15) is 23.9 Å². The SMILES string of the molecule is CCN(Cc1ccc(N)c(F)c1)Cc1cccc(C)n1. The molecule has 1 heterocycles. The average Bonchev–Trinajstić information content (AvgIpc) is 2.42. The molecule has 2 rings (SSSR count). The highest BCUT2D eigenvalue weighted by atomic mass is 19.1. The van der Waals surface area contributed by atoms with Crippen molar-refractivity contribution in [1.82, 2.24) is 9.88 Å². The number of halogens is 1. The molecule has 1 aromatic carbocycles. The van der Waals surface area contributed by atoms with Crippen molar-refractivity contribution in [3.8, 4) is 0 Å². The Hall–Kier alpha value is -1.94. The summed E-state index contributed by atoms with van der Waals surface area (Å²) in [6, 6.07) is 11.0. The molecule has 0 aliphatic carbocycles. The molecule has 1 aromatic heterocycles. The largest absolute Gasteiger partial charge is 0.396 e. The quantitative estimate of drug-likeness (QED) is 0.851. The second-order valence-electron chi connectivity index (χ2n) is 4.93. The number of nitrogen functional groups attached to an aromatic ring is 1. The summed E-state index contributed by atoms with van der Waals surface area (Å²) < 4.78 is 13.5. The van der Waals surface area contributed by atoms with Gasteiger partial charge in [0.2, 0.25) is 0 Å².